The van der Waals surface area contributed by atoms with Gasteiger partial charge >= 0.3 is 0 Å². The second-order valence-electron chi connectivity index (χ2n) is 5.47. The summed E-state index contributed by atoms with van der Waals surface area (Å²) in [5.74, 6) is 0.723. The molecule has 0 spiro atoms. The highest BCUT2D eigenvalue weighted by Gasteiger charge is 2.18. The molecule has 0 fully saturated rings. The molecule has 2 N–H and O–H groups in total. The van der Waals surface area contributed by atoms with Gasteiger partial charge in [-0.3, -0.25) is 0 Å². The molecule has 0 unspecified atom stereocenters. The molecule has 0 bridgehead atoms. The van der Waals surface area contributed by atoms with Gasteiger partial charge in [0.1, 0.15) is 34.8 Å². The van der Waals surface area contributed by atoms with Gasteiger partial charge in [-0.25, -0.2) is 9.37 Å². The summed E-state index contributed by atoms with van der Waals surface area (Å²) in [6.07, 6.45) is 0. The molecule has 3 aromatic rings. The molecule has 0 saturated carbocycles. The topological polar surface area (TPSA) is 81.2 Å². The molecule has 0 atom stereocenters. The lowest BCUT2D eigenvalue weighted by Gasteiger charge is -2.14. The van der Waals surface area contributed by atoms with Crippen LogP contribution in [0.4, 0.5) is 10.2 Å². The van der Waals surface area contributed by atoms with Crippen LogP contribution in [0.15, 0.2) is 48.5 Å². The quantitative estimate of drug-likeness (QED) is 0.769. The maximum Gasteiger partial charge on any atom is 0.142 e. The van der Waals surface area contributed by atoms with Crippen molar-refractivity contribution < 1.29 is 13.9 Å². The van der Waals surface area contributed by atoms with E-state index < -0.39 is 5.82 Å². The highest BCUT2D eigenvalue weighted by molar-refractivity contribution is 5.83. The number of nitriles is 1. The molecule has 130 valence electrons. The average molecular weight is 349 g/mol. The molecule has 1 heterocycles. The minimum absolute atomic E-state index is 0.0214. The fourth-order valence-electron chi connectivity index (χ4n) is 2.73. The monoisotopic (exact) mass is 349 g/mol. The fourth-order valence-corrected chi connectivity index (χ4v) is 2.73. The van der Waals surface area contributed by atoms with E-state index in [-0.39, 0.29) is 11.4 Å². The van der Waals surface area contributed by atoms with Gasteiger partial charge in [0.2, 0.25) is 0 Å². The lowest BCUT2D eigenvalue weighted by molar-refractivity contribution is 0.404. The van der Waals surface area contributed by atoms with Crippen molar-refractivity contribution in [2.24, 2.45) is 0 Å². The van der Waals surface area contributed by atoms with Crippen LogP contribution in [-0.2, 0) is 0 Å². The van der Waals surface area contributed by atoms with E-state index in [9.17, 15) is 9.65 Å². The van der Waals surface area contributed by atoms with E-state index in [4.69, 9.17) is 15.2 Å². The van der Waals surface area contributed by atoms with E-state index in [1.807, 2.05) is 0 Å². The van der Waals surface area contributed by atoms with Gasteiger partial charge in [-0.1, -0.05) is 12.1 Å². The molecule has 0 aliphatic carbocycles. The van der Waals surface area contributed by atoms with Crippen molar-refractivity contribution in [3.8, 4) is 40.0 Å². The first-order valence-electron chi connectivity index (χ1n) is 7.77. The molecule has 2 aromatic carbocycles. The minimum Gasteiger partial charge on any atom is -0.497 e. The summed E-state index contributed by atoms with van der Waals surface area (Å²) >= 11 is 0. The Morgan fingerprint density at radius 1 is 1.00 bits per heavy atom. The van der Waals surface area contributed by atoms with Crippen molar-refractivity contribution in [3.63, 3.8) is 0 Å². The Kier molecular flexibility index (Phi) is 4.72. The number of nitrogens with two attached hydrogens (primary N) is 1. The molecule has 0 saturated heterocycles. The molecule has 1 aromatic heterocycles. The first-order valence-corrected chi connectivity index (χ1v) is 7.77. The van der Waals surface area contributed by atoms with Gasteiger partial charge in [0.15, 0.2) is 0 Å². The summed E-state index contributed by atoms with van der Waals surface area (Å²) < 4.78 is 24.9. The summed E-state index contributed by atoms with van der Waals surface area (Å²) in [4.78, 5) is 4.20. The largest absolute Gasteiger partial charge is 0.497 e. The van der Waals surface area contributed by atoms with Crippen molar-refractivity contribution in [2.45, 2.75) is 0 Å². The van der Waals surface area contributed by atoms with Gasteiger partial charge in [0.05, 0.1) is 19.9 Å². The number of hydrogen-bond acceptors (Lipinski definition) is 5. The number of ether oxygens (including phenoxy) is 2. The van der Waals surface area contributed by atoms with Crippen LogP contribution in [0.25, 0.3) is 22.4 Å². The first kappa shape index (κ1) is 17.2. The molecular formula is C20H16FN3O2. The molecule has 3 rings (SSSR count). The number of halogens is 1. The molecule has 6 heteroatoms. The number of methoxy groups -OCH3 is 2. The summed E-state index contributed by atoms with van der Waals surface area (Å²) in [5.41, 5.74) is 7.91. The Hall–Kier alpha value is -3.59. The van der Waals surface area contributed by atoms with E-state index in [1.54, 1.807) is 49.6 Å². The second kappa shape index (κ2) is 7.11. The molecule has 5 nitrogen and oxygen atoms in total. The van der Waals surface area contributed by atoms with Crippen molar-refractivity contribution in [1.29, 1.82) is 5.26 Å². The van der Waals surface area contributed by atoms with Gasteiger partial charge in [0, 0.05) is 16.7 Å². The van der Waals surface area contributed by atoms with Crippen molar-refractivity contribution in [1.82, 2.24) is 4.98 Å². The Labute approximate surface area is 150 Å². The smallest absolute Gasteiger partial charge is 0.142 e. The first-order chi connectivity index (χ1) is 12.6. The number of anilines is 1. The summed E-state index contributed by atoms with van der Waals surface area (Å²) in [7, 11) is 3.07. The lowest BCUT2D eigenvalue weighted by atomic mass is 9.97. The molecule has 26 heavy (non-hydrogen) atoms. The number of nitrogens with zero attached hydrogens (tertiary/aromatic N) is 2. The van der Waals surface area contributed by atoms with Crippen LogP contribution in [0.1, 0.15) is 5.56 Å². The summed E-state index contributed by atoms with van der Waals surface area (Å²) in [6.45, 7) is 0. The Bertz CT molecular complexity index is 1010. The fraction of sp³-hybridized carbons (Fsp3) is 0.100. The SMILES string of the molecule is COc1ccc(OC)c(-c2cc(-c3ccccc3F)nc(N)c2C#N)c1. The normalized spacial score (nSPS) is 10.2. The van der Waals surface area contributed by atoms with Crippen molar-refractivity contribution in [3.05, 3.63) is 59.9 Å². The van der Waals surface area contributed by atoms with E-state index >= 15 is 0 Å². The number of hydrogen-bond donors (Lipinski definition) is 1. The molecule has 0 radical (unpaired) electrons. The number of rotatable bonds is 4. The summed E-state index contributed by atoms with van der Waals surface area (Å²) in [5, 5.41) is 9.55. The second-order valence-corrected chi connectivity index (χ2v) is 5.47. The van der Waals surface area contributed by atoms with E-state index in [2.05, 4.69) is 11.1 Å². The van der Waals surface area contributed by atoms with Crippen LogP contribution in [0.5, 0.6) is 11.5 Å². The van der Waals surface area contributed by atoms with Gasteiger partial charge in [-0.05, 0) is 36.4 Å². The van der Waals surface area contributed by atoms with Crippen LogP contribution in [0.3, 0.4) is 0 Å². The van der Waals surface area contributed by atoms with E-state index in [1.165, 1.54) is 13.2 Å². The Morgan fingerprint density at radius 3 is 2.42 bits per heavy atom. The molecular weight excluding hydrogens is 333 g/mol. The van der Waals surface area contributed by atoms with Crippen LogP contribution in [-0.4, -0.2) is 19.2 Å². The highest BCUT2D eigenvalue weighted by Crippen LogP contribution is 2.38. The number of aromatic nitrogens is 1. The molecule has 0 aliphatic heterocycles. The maximum atomic E-state index is 14.2. The highest BCUT2D eigenvalue weighted by atomic mass is 19.1. The van der Waals surface area contributed by atoms with Gasteiger partial charge < -0.3 is 15.2 Å². The number of benzene rings is 2. The zero-order valence-corrected chi connectivity index (χ0v) is 14.3. The van der Waals surface area contributed by atoms with E-state index in [0.717, 1.165) is 0 Å². The predicted molar refractivity (Wildman–Crippen MR) is 97.3 cm³/mol. The zero-order chi connectivity index (χ0) is 18.7. The number of nitrogen functional groups attached to an aromatic ring is 1. The Morgan fingerprint density at radius 2 is 1.77 bits per heavy atom. The van der Waals surface area contributed by atoms with Crippen LogP contribution >= 0.6 is 0 Å². The van der Waals surface area contributed by atoms with Gasteiger partial charge in [-0.15, -0.1) is 0 Å². The predicted octanol–water partition coefficient (Wildman–Crippen LogP) is 4.03. The van der Waals surface area contributed by atoms with E-state index in [0.29, 0.717) is 33.9 Å². The number of pyridine rings is 1. The summed E-state index contributed by atoms with van der Waals surface area (Å²) in [6, 6.07) is 15.2. The van der Waals surface area contributed by atoms with Gasteiger partial charge in [0.25, 0.3) is 0 Å². The minimum atomic E-state index is -0.423. The van der Waals surface area contributed by atoms with Gasteiger partial charge in [-0.2, -0.15) is 5.26 Å². The van der Waals surface area contributed by atoms with Crippen molar-refractivity contribution in [2.75, 3.05) is 20.0 Å². The van der Waals surface area contributed by atoms with Crippen molar-refractivity contribution >= 4 is 5.82 Å². The third-order valence-electron chi connectivity index (χ3n) is 4.01. The third kappa shape index (κ3) is 3.03. The average Bonchev–Trinajstić information content (AvgIpc) is 2.67. The van der Waals surface area contributed by atoms with Crippen LogP contribution < -0.4 is 15.2 Å². The zero-order valence-electron chi connectivity index (χ0n) is 14.3. The van der Waals surface area contributed by atoms with Crippen LogP contribution in [0, 0.1) is 17.1 Å². The maximum absolute atomic E-state index is 14.2. The lowest BCUT2D eigenvalue weighted by Crippen LogP contribution is -2.01. The molecule has 0 amide bonds. The Balaban J connectivity index is 2.31. The third-order valence-corrected chi connectivity index (χ3v) is 4.01. The standard InChI is InChI=1S/C20H16FN3O2/c1-25-12-7-8-19(26-2)15(9-12)14-10-18(24-20(23)16(14)11-22)13-5-3-4-6-17(13)21/h3-10H,1-2H3,(H2,23,24). The molecule has 0 aliphatic rings. The van der Waals surface area contributed by atoms with Crippen LogP contribution in [0.2, 0.25) is 0 Å².